The highest BCUT2D eigenvalue weighted by Crippen LogP contribution is 2.68. The fourth-order valence-electron chi connectivity index (χ4n) is 9.95. The molecule has 0 amide bonds. The lowest BCUT2D eigenvalue weighted by atomic mass is 9.43. The van der Waals surface area contributed by atoms with Crippen molar-refractivity contribution in [1.82, 2.24) is 4.98 Å². The molecule has 0 spiro atoms. The van der Waals surface area contributed by atoms with E-state index in [4.69, 9.17) is 4.42 Å². The quantitative estimate of drug-likeness (QED) is 0.506. The molecule has 1 unspecified atom stereocenters. The second-order valence-electron chi connectivity index (χ2n) is 13.6. The molecule has 5 nitrogen and oxygen atoms in total. The topological polar surface area (TPSA) is 83.6 Å². The summed E-state index contributed by atoms with van der Waals surface area (Å²) in [5, 5.41) is 21.7. The zero-order chi connectivity index (χ0) is 27.0. The van der Waals surface area contributed by atoms with E-state index in [1.54, 1.807) is 0 Å². The molecule has 208 valence electrons. The zero-order valence-electron chi connectivity index (χ0n) is 22.8. The van der Waals surface area contributed by atoms with Crippen LogP contribution >= 0.6 is 0 Å². The van der Waals surface area contributed by atoms with Gasteiger partial charge in [-0.25, -0.2) is 18.6 Å². The summed E-state index contributed by atoms with van der Waals surface area (Å²) in [6.45, 7) is 7.16. The van der Waals surface area contributed by atoms with Crippen molar-refractivity contribution in [2.45, 2.75) is 97.2 Å². The maximum absolute atomic E-state index is 13.7. The Labute approximate surface area is 223 Å². The van der Waals surface area contributed by atoms with Gasteiger partial charge < -0.3 is 14.6 Å². The van der Waals surface area contributed by atoms with E-state index in [-0.39, 0.29) is 39.8 Å². The number of hydrogen-bond acceptors (Lipinski definition) is 5. The number of benzene rings is 1. The molecule has 0 aliphatic heterocycles. The summed E-state index contributed by atoms with van der Waals surface area (Å²) in [5.74, 6) is 0.826. The van der Waals surface area contributed by atoms with Gasteiger partial charge in [-0.1, -0.05) is 20.8 Å². The van der Waals surface area contributed by atoms with Crippen LogP contribution < -0.4 is 5.63 Å². The van der Waals surface area contributed by atoms with Gasteiger partial charge in [0.15, 0.2) is 17.5 Å². The van der Waals surface area contributed by atoms with Crippen molar-refractivity contribution in [3.63, 3.8) is 0 Å². The van der Waals surface area contributed by atoms with Gasteiger partial charge in [-0.05, 0) is 110 Å². The Morgan fingerprint density at radius 1 is 1.03 bits per heavy atom. The Morgan fingerprint density at radius 3 is 2.53 bits per heavy atom. The number of hydrogen-bond donors (Lipinski definition) is 2. The summed E-state index contributed by atoms with van der Waals surface area (Å²) >= 11 is 0. The van der Waals surface area contributed by atoms with E-state index in [1.165, 1.54) is 6.42 Å². The molecule has 4 saturated carbocycles. The Balaban J connectivity index is 1.18. The van der Waals surface area contributed by atoms with E-state index < -0.39 is 17.3 Å². The molecule has 6 rings (SSSR count). The zero-order valence-corrected chi connectivity index (χ0v) is 22.8. The summed E-state index contributed by atoms with van der Waals surface area (Å²) in [4.78, 5) is 16.7. The Hall–Kier alpha value is -1.86. The first-order valence-corrected chi connectivity index (χ1v) is 14.7. The second-order valence-corrected chi connectivity index (χ2v) is 13.6. The molecule has 0 bridgehead atoms. The number of aryl methyl sites for hydroxylation is 1. The molecule has 10 atom stereocenters. The van der Waals surface area contributed by atoms with E-state index in [2.05, 4.69) is 25.8 Å². The van der Waals surface area contributed by atoms with Crippen molar-refractivity contribution in [1.29, 1.82) is 0 Å². The van der Waals surface area contributed by atoms with E-state index in [9.17, 15) is 23.8 Å². The summed E-state index contributed by atoms with van der Waals surface area (Å²) in [6.07, 6.45) is 8.95. The maximum Gasteiger partial charge on any atom is 0.346 e. The second kappa shape index (κ2) is 9.36. The van der Waals surface area contributed by atoms with E-state index in [0.717, 1.165) is 63.5 Å². The smallest absolute Gasteiger partial charge is 0.346 e. The predicted molar refractivity (Wildman–Crippen MR) is 140 cm³/mol. The third-order valence-electron chi connectivity index (χ3n) is 11.9. The predicted octanol–water partition coefficient (Wildman–Crippen LogP) is 6.03. The van der Waals surface area contributed by atoms with Gasteiger partial charge in [-0.15, -0.1) is 0 Å². The van der Waals surface area contributed by atoms with Crippen molar-refractivity contribution in [3.8, 4) is 0 Å². The average molecular weight is 530 g/mol. The van der Waals surface area contributed by atoms with Crippen LogP contribution in [0, 0.1) is 58.0 Å². The van der Waals surface area contributed by atoms with E-state index in [0.29, 0.717) is 41.9 Å². The molecule has 1 aromatic heterocycles. The van der Waals surface area contributed by atoms with Crippen LogP contribution in [-0.2, 0) is 6.42 Å². The summed E-state index contributed by atoms with van der Waals surface area (Å²) < 4.78 is 32.7. The minimum Gasteiger partial charge on any atom is -0.408 e. The van der Waals surface area contributed by atoms with Crippen LogP contribution in [0.5, 0.6) is 0 Å². The normalized spacial score (nSPS) is 41.4. The SMILES string of the molecule is C[C@H](CCc1nc2cc(F)c(F)cc2c(=O)o1)[C@H]1CC[C@H]2[C@H]3C(CC[C@]12C)[C@@]1(C)CC[C@@H](O)C[C@H]1C[C@H]3O. The lowest BCUT2D eigenvalue weighted by Crippen LogP contribution is -2.58. The average Bonchev–Trinajstić information content (AvgIpc) is 3.22. The fourth-order valence-corrected chi connectivity index (χ4v) is 9.95. The molecule has 0 radical (unpaired) electrons. The molecule has 4 aliphatic rings. The summed E-state index contributed by atoms with van der Waals surface area (Å²) in [5.41, 5.74) is -0.175. The van der Waals surface area contributed by atoms with Crippen molar-refractivity contribution < 1.29 is 23.4 Å². The Morgan fingerprint density at radius 2 is 1.74 bits per heavy atom. The number of halogens is 2. The lowest BCUT2D eigenvalue weighted by Gasteiger charge is -2.62. The molecule has 0 saturated heterocycles. The minimum absolute atomic E-state index is 0.0435. The number of aliphatic hydroxyl groups is 2. The molecule has 1 heterocycles. The monoisotopic (exact) mass is 529 g/mol. The van der Waals surface area contributed by atoms with Crippen molar-refractivity contribution in [2.75, 3.05) is 0 Å². The van der Waals surface area contributed by atoms with Crippen LogP contribution in [0.3, 0.4) is 0 Å². The first kappa shape index (κ1) is 26.4. The Bertz CT molecular complexity index is 1280. The summed E-state index contributed by atoms with van der Waals surface area (Å²) in [6, 6.07) is 1.81. The van der Waals surface area contributed by atoms with Gasteiger partial charge in [0.25, 0.3) is 0 Å². The molecule has 2 N–H and O–H groups in total. The van der Waals surface area contributed by atoms with Gasteiger partial charge >= 0.3 is 5.63 Å². The molecular weight excluding hydrogens is 488 g/mol. The number of fused-ring (bicyclic) bond motifs is 6. The van der Waals surface area contributed by atoms with Crippen molar-refractivity contribution in [2.24, 2.45) is 46.3 Å². The van der Waals surface area contributed by atoms with Gasteiger partial charge in [0.2, 0.25) is 0 Å². The highest BCUT2D eigenvalue weighted by Gasteiger charge is 2.62. The van der Waals surface area contributed by atoms with Crippen LogP contribution in [0.4, 0.5) is 8.78 Å². The highest BCUT2D eigenvalue weighted by molar-refractivity contribution is 5.77. The molecule has 4 fully saturated rings. The number of aliphatic hydroxyl groups excluding tert-OH is 2. The first-order chi connectivity index (χ1) is 18.0. The van der Waals surface area contributed by atoms with Crippen LogP contribution in [0.15, 0.2) is 21.3 Å². The number of aromatic nitrogens is 1. The molecule has 4 aliphatic carbocycles. The third-order valence-corrected chi connectivity index (χ3v) is 11.9. The molecular formula is C31H41F2NO4. The first-order valence-electron chi connectivity index (χ1n) is 14.7. The van der Waals surface area contributed by atoms with Crippen molar-refractivity contribution >= 4 is 10.9 Å². The standard InChI is InChI=1S/C31H41F2NO4/c1-16(4-7-27-34-25-15-24(33)23(32)14-19(25)29(37)38-27)20-5-6-21-28-22(9-11-31(20,21)3)30(2)10-8-18(35)12-17(30)13-26(28)36/h14-18,20-22,26,28,35-36H,4-13H2,1-3H3/t16-,17+,18-,20-,21+,22?,26-,28+,30+,31-/m1/s1. The number of rotatable bonds is 4. The minimum atomic E-state index is -1.08. The highest BCUT2D eigenvalue weighted by atomic mass is 19.2. The van der Waals surface area contributed by atoms with Gasteiger partial charge in [-0.3, -0.25) is 0 Å². The molecule has 2 aromatic rings. The van der Waals surface area contributed by atoms with Gasteiger partial charge in [0.05, 0.1) is 23.1 Å². The summed E-state index contributed by atoms with van der Waals surface area (Å²) in [7, 11) is 0. The fraction of sp³-hybridized carbons (Fsp3) is 0.742. The van der Waals surface area contributed by atoms with Crippen LogP contribution in [-0.4, -0.2) is 27.4 Å². The van der Waals surface area contributed by atoms with Crippen LogP contribution in [0.25, 0.3) is 10.9 Å². The van der Waals surface area contributed by atoms with Gasteiger partial charge in [0.1, 0.15) is 0 Å². The lowest BCUT2D eigenvalue weighted by molar-refractivity contribution is -0.174. The Kier molecular flexibility index (Phi) is 6.50. The maximum atomic E-state index is 13.7. The molecule has 7 heteroatoms. The largest absolute Gasteiger partial charge is 0.408 e. The third kappa shape index (κ3) is 4.06. The van der Waals surface area contributed by atoms with E-state index in [1.807, 2.05) is 0 Å². The van der Waals surface area contributed by atoms with Gasteiger partial charge in [0, 0.05) is 12.5 Å². The van der Waals surface area contributed by atoms with E-state index >= 15 is 0 Å². The van der Waals surface area contributed by atoms with Crippen molar-refractivity contribution in [3.05, 3.63) is 40.1 Å². The van der Waals surface area contributed by atoms with Gasteiger partial charge in [-0.2, -0.15) is 0 Å². The molecule has 1 aromatic carbocycles. The van der Waals surface area contributed by atoms with Crippen LogP contribution in [0.1, 0.15) is 84.4 Å². The molecule has 38 heavy (non-hydrogen) atoms. The number of nitrogens with zero attached hydrogens (tertiary/aromatic N) is 1. The van der Waals surface area contributed by atoms with Crippen LogP contribution in [0.2, 0.25) is 0 Å².